The van der Waals surface area contributed by atoms with Gasteiger partial charge in [-0.2, -0.15) is 0 Å². The lowest BCUT2D eigenvalue weighted by Gasteiger charge is -2.07. The first kappa shape index (κ1) is 11.0. The van der Waals surface area contributed by atoms with Crippen LogP contribution in [0.2, 0.25) is 0 Å². The maximum atomic E-state index is 4.61. The Bertz CT molecular complexity index is 692. The van der Waals surface area contributed by atoms with E-state index in [1.165, 1.54) is 0 Å². The summed E-state index contributed by atoms with van der Waals surface area (Å²) in [7, 11) is 0. The average molecular weight is 241 g/mol. The molecule has 0 atom stereocenters. The van der Waals surface area contributed by atoms with Crippen molar-refractivity contribution < 1.29 is 0 Å². The van der Waals surface area contributed by atoms with Crippen LogP contribution in [0.15, 0.2) is 24.9 Å². The molecule has 0 unspecified atom stereocenters. The summed E-state index contributed by atoms with van der Waals surface area (Å²) in [6.07, 6.45) is 7.37. The highest BCUT2D eigenvalue weighted by Gasteiger charge is 2.12. The Hall–Kier alpha value is -2.17. The first-order chi connectivity index (χ1) is 8.66. The van der Waals surface area contributed by atoms with Gasteiger partial charge in [-0.15, -0.1) is 0 Å². The van der Waals surface area contributed by atoms with Crippen molar-refractivity contribution in [1.82, 2.24) is 24.5 Å². The van der Waals surface area contributed by atoms with Crippen molar-refractivity contribution in [2.24, 2.45) is 0 Å². The van der Waals surface area contributed by atoms with E-state index < -0.39 is 0 Å². The molecule has 0 saturated heterocycles. The molecule has 0 amide bonds. The summed E-state index contributed by atoms with van der Waals surface area (Å²) in [6, 6.07) is 0.410. The zero-order chi connectivity index (χ0) is 12.7. The van der Waals surface area contributed by atoms with Crippen molar-refractivity contribution >= 4 is 11.0 Å². The maximum Gasteiger partial charge on any atom is 0.141 e. The third-order valence-corrected chi connectivity index (χ3v) is 3.11. The second kappa shape index (κ2) is 3.94. The molecule has 5 heteroatoms. The fraction of sp³-hybridized carbons (Fsp3) is 0.308. The summed E-state index contributed by atoms with van der Waals surface area (Å²) in [5, 5.41) is 1.01. The van der Waals surface area contributed by atoms with Crippen LogP contribution >= 0.6 is 0 Å². The van der Waals surface area contributed by atoms with E-state index in [0.29, 0.717) is 6.04 Å². The third-order valence-electron chi connectivity index (χ3n) is 3.11. The number of hydrogen-bond donors (Lipinski definition) is 1. The minimum atomic E-state index is 0.410. The molecule has 0 aliphatic rings. The zero-order valence-corrected chi connectivity index (χ0v) is 10.7. The zero-order valence-electron chi connectivity index (χ0n) is 10.7. The lowest BCUT2D eigenvalue weighted by molar-refractivity contribution is 0.583. The molecule has 3 aromatic rings. The Morgan fingerprint density at radius 1 is 1.33 bits per heavy atom. The van der Waals surface area contributed by atoms with E-state index in [1.807, 2.05) is 19.3 Å². The van der Waals surface area contributed by atoms with E-state index in [-0.39, 0.29) is 0 Å². The molecular formula is C13H15N5. The number of H-pyrrole nitrogens is 1. The second-order valence-corrected chi connectivity index (χ2v) is 4.66. The fourth-order valence-corrected chi connectivity index (χ4v) is 2.21. The molecular weight excluding hydrogens is 226 g/mol. The average Bonchev–Trinajstić information content (AvgIpc) is 2.92. The van der Waals surface area contributed by atoms with E-state index in [2.05, 4.69) is 44.5 Å². The molecule has 0 aliphatic carbocycles. The van der Waals surface area contributed by atoms with Crippen LogP contribution in [0.5, 0.6) is 0 Å². The number of aryl methyl sites for hydroxylation is 1. The van der Waals surface area contributed by atoms with E-state index in [1.54, 1.807) is 6.33 Å². The molecule has 0 spiro atoms. The molecule has 0 fully saturated rings. The Morgan fingerprint density at radius 2 is 2.17 bits per heavy atom. The number of hydrogen-bond acceptors (Lipinski definition) is 3. The van der Waals surface area contributed by atoms with Crippen molar-refractivity contribution in [2.45, 2.75) is 26.8 Å². The van der Waals surface area contributed by atoms with Crippen LogP contribution < -0.4 is 0 Å². The summed E-state index contributed by atoms with van der Waals surface area (Å²) < 4.78 is 2.16. The molecule has 3 heterocycles. The molecule has 0 radical (unpaired) electrons. The van der Waals surface area contributed by atoms with Gasteiger partial charge in [-0.25, -0.2) is 15.0 Å². The topological polar surface area (TPSA) is 59.4 Å². The highest BCUT2D eigenvalue weighted by atomic mass is 15.1. The lowest BCUT2D eigenvalue weighted by Crippen LogP contribution is -2.00. The van der Waals surface area contributed by atoms with Crippen molar-refractivity contribution in [1.29, 1.82) is 0 Å². The molecule has 1 N–H and O–H groups in total. The maximum absolute atomic E-state index is 4.61. The Balaban J connectivity index is 2.17. The first-order valence-corrected chi connectivity index (χ1v) is 5.99. The number of nitrogens with one attached hydrogen (secondary N) is 1. The van der Waals surface area contributed by atoms with Gasteiger partial charge in [0.25, 0.3) is 0 Å². The predicted molar refractivity (Wildman–Crippen MR) is 70.2 cm³/mol. The van der Waals surface area contributed by atoms with Crippen molar-refractivity contribution in [3.05, 3.63) is 30.7 Å². The van der Waals surface area contributed by atoms with E-state index in [9.17, 15) is 0 Å². The Kier molecular flexibility index (Phi) is 2.40. The van der Waals surface area contributed by atoms with Gasteiger partial charge in [0, 0.05) is 35.6 Å². The van der Waals surface area contributed by atoms with Crippen molar-refractivity contribution in [3.8, 4) is 11.3 Å². The van der Waals surface area contributed by atoms with Crippen LogP contribution in [-0.2, 0) is 0 Å². The normalized spacial score (nSPS) is 11.6. The van der Waals surface area contributed by atoms with Gasteiger partial charge >= 0.3 is 0 Å². The van der Waals surface area contributed by atoms with Crippen LogP contribution in [0.1, 0.15) is 25.7 Å². The van der Waals surface area contributed by atoms with E-state index in [4.69, 9.17) is 0 Å². The molecule has 0 aliphatic heterocycles. The number of nitrogens with zero attached hydrogens (tertiary/aromatic N) is 4. The first-order valence-electron chi connectivity index (χ1n) is 5.99. The summed E-state index contributed by atoms with van der Waals surface area (Å²) in [5.41, 5.74) is 2.85. The number of aromatic amines is 1. The summed E-state index contributed by atoms with van der Waals surface area (Å²) in [5.74, 6) is 1.02. The van der Waals surface area contributed by atoms with Gasteiger partial charge in [0.15, 0.2) is 0 Å². The monoisotopic (exact) mass is 241 g/mol. The summed E-state index contributed by atoms with van der Waals surface area (Å²) >= 11 is 0. The smallest absolute Gasteiger partial charge is 0.141 e. The van der Waals surface area contributed by atoms with Gasteiger partial charge in [-0.05, 0) is 20.8 Å². The number of rotatable bonds is 2. The van der Waals surface area contributed by atoms with Gasteiger partial charge in [-0.3, -0.25) is 0 Å². The molecule has 0 bridgehead atoms. The Morgan fingerprint density at radius 3 is 2.89 bits per heavy atom. The minimum absolute atomic E-state index is 0.410. The minimum Gasteiger partial charge on any atom is -0.345 e. The van der Waals surface area contributed by atoms with E-state index >= 15 is 0 Å². The number of fused-ring (bicyclic) bond motifs is 1. The van der Waals surface area contributed by atoms with Crippen molar-refractivity contribution in [3.63, 3.8) is 0 Å². The number of aromatic nitrogens is 5. The van der Waals surface area contributed by atoms with Crippen LogP contribution in [0.3, 0.4) is 0 Å². The van der Waals surface area contributed by atoms with Crippen LogP contribution in [0.4, 0.5) is 0 Å². The van der Waals surface area contributed by atoms with Gasteiger partial charge in [0.1, 0.15) is 17.8 Å². The van der Waals surface area contributed by atoms with E-state index in [0.717, 1.165) is 28.1 Å². The lowest BCUT2D eigenvalue weighted by atomic mass is 10.2. The number of imidazole rings is 1. The highest BCUT2D eigenvalue weighted by Crippen LogP contribution is 2.27. The summed E-state index contributed by atoms with van der Waals surface area (Å²) in [6.45, 7) is 6.32. The fourth-order valence-electron chi connectivity index (χ4n) is 2.21. The molecule has 18 heavy (non-hydrogen) atoms. The molecule has 92 valence electrons. The SMILES string of the molecule is Cc1nc(-c2c[nH]c3ncncc23)cn1C(C)C. The standard InChI is InChI=1S/C13H15N5/c1-8(2)18-6-12(17-9(18)3)10-5-15-13-11(10)4-14-7-16-13/h4-8H,1-3H3,(H,14,15,16). The molecule has 0 saturated carbocycles. The van der Waals surface area contributed by atoms with Crippen molar-refractivity contribution in [2.75, 3.05) is 0 Å². The second-order valence-electron chi connectivity index (χ2n) is 4.66. The van der Waals surface area contributed by atoms with Gasteiger partial charge in [-0.1, -0.05) is 0 Å². The quantitative estimate of drug-likeness (QED) is 0.750. The van der Waals surface area contributed by atoms with Gasteiger partial charge in [0.05, 0.1) is 5.69 Å². The predicted octanol–water partition coefficient (Wildman–Crippen LogP) is 2.71. The highest BCUT2D eigenvalue weighted by molar-refractivity contribution is 5.91. The van der Waals surface area contributed by atoms with Gasteiger partial charge in [0.2, 0.25) is 0 Å². The molecule has 0 aromatic carbocycles. The van der Waals surface area contributed by atoms with Crippen LogP contribution in [-0.4, -0.2) is 24.5 Å². The molecule has 3 rings (SSSR count). The Labute approximate surface area is 105 Å². The van der Waals surface area contributed by atoms with Crippen LogP contribution in [0.25, 0.3) is 22.3 Å². The largest absolute Gasteiger partial charge is 0.345 e. The molecule has 3 aromatic heterocycles. The van der Waals surface area contributed by atoms with Gasteiger partial charge < -0.3 is 9.55 Å². The third kappa shape index (κ3) is 1.59. The molecule has 5 nitrogen and oxygen atoms in total. The summed E-state index contributed by atoms with van der Waals surface area (Å²) in [4.78, 5) is 16.0. The van der Waals surface area contributed by atoms with Crippen LogP contribution in [0, 0.1) is 6.92 Å².